The summed E-state index contributed by atoms with van der Waals surface area (Å²) in [6, 6.07) is 69.7. The molecule has 3 nitrogen and oxygen atoms in total. The Hall–Kier alpha value is -7.36. The monoisotopic (exact) mass is 838 g/mol. The standard InChI is InChI=1S/C62H50N2O/c1-61(39-15-4-16-40-61)62(44-19-7-3-8-20-44)55-24-12-9-21-49(55)50-36-35-48(41-56(50)62)63(45-29-27-43(28-30-45)42-17-5-2-6-18-42)46-31-33-47(34-32-46)64-57-25-13-10-22-51(57)53-37-38-54-52-23-11-14-26-58(52)65-60(54)59(53)64/h2-3,5-11,13-14,17-23,25-38,41H,4,12,15-16,24,39-40H2,1H3. The third-order valence-corrected chi connectivity index (χ3v) is 15.4. The van der Waals surface area contributed by atoms with E-state index in [2.05, 4.69) is 217 Å². The summed E-state index contributed by atoms with van der Waals surface area (Å²) >= 11 is 0. The van der Waals surface area contributed by atoms with E-state index in [4.69, 9.17) is 4.42 Å². The average molecular weight is 839 g/mol. The second kappa shape index (κ2) is 14.9. The number of benzene rings is 8. The normalized spacial score (nSPS) is 17.9. The van der Waals surface area contributed by atoms with Crippen molar-refractivity contribution in [2.75, 3.05) is 4.90 Å². The molecule has 3 aliphatic carbocycles. The lowest BCUT2D eigenvalue weighted by Gasteiger charge is -2.52. The van der Waals surface area contributed by atoms with Crippen LogP contribution in [0.25, 0.3) is 66.1 Å². The van der Waals surface area contributed by atoms with Crippen LogP contribution in [-0.4, -0.2) is 4.57 Å². The molecule has 0 saturated heterocycles. The first kappa shape index (κ1) is 38.1. The number of hydrogen-bond acceptors (Lipinski definition) is 2. The lowest BCUT2D eigenvalue weighted by molar-refractivity contribution is 0.134. The summed E-state index contributed by atoms with van der Waals surface area (Å²) in [4.78, 5) is 2.48. The number of para-hydroxylation sites is 2. The van der Waals surface area contributed by atoms with Crippen molar-refractivity contribution in [2.24, 2.45) is 5.41 Å². The Labute approximate surface area is 380 Å². The van der Waals surface area contributed by atoms with Crippen LogP contribution >= 0.6 is 0 Å². The molecule has 10 aromatic rings. The minimum Gasteiger partial charge on any atom is -0.454 e. The Bertz CT molecular complexity index is 3510. The highest BCUT2D eigenvalue weighted by Crippen LogP contribution is 2.65. The summed E-state index contributed by atoms with van der Waals surface area (Å²) in [5, 5.41) is 4.68. The van der Waals surface area contributed by atoms with Gasteiger partial charge in [0.25, 0.3) is 0 Å². The van der Waals surface area contributed by atoms with Gasteiger partial charge in [0.1, 0.15) is 5.58 Å². The van der Waals surface area contributed by atoms with E-state index in [1.807, 2.05) is 0 Å². The summed E-state index contributed by atoms with van der Waals surface area (Å²) < 4.78 is 9.11. The maximum atomic E-state index is 6.71. The van der Waals surface area contributed by atoms with Crippen molar-refractivity contribution < 1.29 is 4.42 Å². The van der Waals surface area contributed by atoms with Gasteiger partial charge < -0.3 is 13.9 Å². The molecule has 0 bridgehead atoms. The maximum absolute atomic E-state index is 6.71. The van der Waals surface area contributed by atoms with Gasteiger partial charge in [-0.2, -0.15) is 0 Å². The molecule has 1 atom stereocenters. The van der Waals surface area contributed by atoms with Crippen LogP contribution in [0, 0.1) is 5.41 Å². The molecule has 0 radical (unpaired) electrons. The van der Waals surface area contributed by atoms with Crippen LogP contribution in [0.2, 0.25) is 0 Å². The Balaban J connectivity index is 1.01. The molecule has 3 aliphatic rings. The number of furan rings is 1. The smallest absolute Gasteiger partial charge is 0.160 e. The van der Waals surface area contributed by atoms with Gasteiger partial charge in [-0.15, -0.1) is 0 Å². The minimum atomic E-state index is -0.217. The molecule has 2 aromatic heterocycles. The van der Waals surface area contributed by atoms with Crippen LogP contribution in [-0.2, 0) is 5.41 Å². The van der Waals surface area contributed by atoms with Crippen molar-refractivity contribution in [1.82, 2.24) is 4.57 Å². The molecule has 65 heavy (non-hydrogen) atoms. The van der Waals surface area contributed by atoms with Crippen LogP contribution in [0.1, 0.15) is 68.6 Å². The van der Waals surface area contributed by atoms with Gasteiger partial charge in [-0.1, -0.05) is 160 Å². The predicted octanol–water partition coefficient (Wildman–Crippen LogP) is 17.2. The molecule has 0 N–H and O–H groups in total. The summed E-state index contributed by atoms with van der Waals surface area (Å²) in [6.45, 7) is 2.62. The zero-order valence-electron chi connectivity index (χ0n) is 36.8. The molecule has 1 unspecified atom stereocenters. The largest absolute Gasteiger partial charge is 0.454 e. The highest BCUT2D eigenvalue weighted by molar-refractivity contribution is 6.21. The number of hydrogen-bond donors (Lipinski definition) is 0. The van der Waals surface area contributed by atoms with Gasteiger partial charge in [0, 0.05) is 49.7 Å². The highest BCUT2D eigenvalue weighted by atomic mass is 16.3. The van der Waals surface area contributed by atoms with E-state index in [-0.39, 0.29) is 10.8 Å². The van der Waals surface area contributed by atoms with Crippen LogP contribution in [0.3, 0.4) is 0 Å². The molecule has 0 aliphatic heterocycles. The SMILES string of the molecule is CC1(C2(c3ccccc3)C3=C(C=CCC3)c3ccc(N(c4ccc(-c5ccccc5)cc4)c4ccc(-n5c6ccccc6c6ccc7c8ccccc8oc7c65)cc4)cc32)CCCCC1. The Kier molecular flexibility index (Phi) is 8.71. The van der Waals surface area contributed by atoms with E-state index < -0.39 is 0 Å². The Morgan fingerprint density at radius 3 is 1.98 bits per heavy atom. The number of allylic oxidation sites excluding steroid dienone is 4. The highest BCUT2D eigenvalue weighted by Gasteiger charge is 2.57. The number of rotatable bonds is 7. The van der Waals surface area contributed by atoms with E-state index in [9.17, 15) is 0 Å². The quantitative estimate of drug-likeness (QED) is 0.159. The number of anilines is 3. The topological polar surface area (TPSA) is 21.3 Å². The van der Waals surface area contributed by atoms with Crippen molar-refractivity contribution in [2.45, 2.75) is 57.3 Å². The number of nitrogens with zero attached hydrogens (tertiary/aromatic N) is 2. The van der Waals surface area contributed by atoms with E-state index >= 15 is 0 Å². The summed E-state index contributed by atoms with van der Waals surface area (Å²) in [5.74, 6) is 0. The number of aromatic nitrogens is 1. The summed E-state index contributed by atoms with van der Waals surface area (Å²) in [6.07, 6.45) is 13.3. The fourth-order valence-corrected chi connectivity index (χ4v) is 12.6. The lowest BCUT2D eigenvalue weighted by atomic mass is 9.50. The second-order valence-corrected chi connectivity index (χ2v) is 18.9. The first-order chi connectivity index (χ1) is 32.1. The molecule has 314 valence electrons. The van der Waals surface area contributed by atoms with Crippen molar-refractivity contribution in [1.29, 1.82) is 0 Å². The molecule has 2 heterocycles. The van der Waals surface area contributed by atoms with Crippen molar-refractivity contribution >= 4 is 66.4 Å². The van der Waals surface area contributed by atoms with Gasteiger partial charge in [0.15, 0.2) is 5.58 Å². The third-order valence-electron chi connectivity index (χ3n) is 15.4. The van der Waals surface area contributed by atoms with E-state index in [1.54, 1.807) is 5.57 Å². The lowest BCUT2D eigenvalue weighted by Crippen LogP contribution is -2.46. The van der Waals surface area contributed by atoms with E-state index in [0.717, 1.165) is 62.9 Å². The fraction of sp³-hybridized carbons (Fsp3) is 0.161. The van der Waals surface area contributed by atoms with Gasteiger partial charge in [0.2, 0.25) is 0 Å². The molecule has 3 heteroatoms. The van der Waals surface area contributed by atoms with Gasteiger partial charge in [-0.3, -0.25) is 0 Å². The minimum absolute atomic E-state index is 0.0830. The molecule has 0 amide bonds. The van der Waals surface area contributed by atoms with Gasteiger partial charge in [0.05, 0.1) is 11.0 Å². The number of fused-ring (bicyclic) bond motifs is 9. The molecular weight excluding hydrogens is 789 g/mol. The van der Waals surface area contributed by atoms with E-state index in [1.165, 1.54) is 82.0 Å². The van der Waals surface area contributed by atoms with Crippen LogP contribution in [0.4, 0.5) is 17.1 Å². The molecular formula is C62H50N2O. The summed E-state index contributed by atoms with van der Waals surface area (Å²) in [5.41, 5.74) is 18.3. The van der Waals surface area contributed by atoms with Gasteiger partial charge >= 0.3 is 0 Å². The zero-order valence-corrected chi connectivity index (χ0v) is 36.8. The summed E-state index contributed by atoms with van der Waals surface area (Å²) in [7, 11) is 0. The van der Waals surface area contributed by atoms with Crippen molar-refractivity contribution in [3.63, 3.8) is 0 Å². The predicted molar refractivity (Wildman–Crippen MR) is 272 cm³/mol. The van der Waals surface area contributed by atoms with Crippen molar-refractivity contribution in [3.05, 3.63) is 222 Å². The second-order valence-electron chi connectivity index (χ2n) is 18.9. The van der Waals surface area contributed by atoms with Gasteiger partial charge in [-0.05, 0) is 137 Å². The first-order valence-electron chi connectivity index (χ1n) is 23.6. The van der Waals surface area contributed by atoms with Crippen LogP contribution in [0.15, 0.2) is 210 Å². The molecule has 8 aromatic carbocycles. The third kappa shape index (κ3) is 5.67. The fourth-order valence-electron chi connectivity index (χ4n) is 12.6. The Morgan fingerprint density at radius 2 is 1.20 bits per heavy atom. The molecule has 0 spiro atoms. The molecule has 13 rings (SSSR count). The first-order valence-corrected chi connectivity index (χ1v) is 23.6. The Morgan fingerprint density at radius 1 is 0.554 bits per heavy atom. The average Bonchev–Trinajstić information content (AvgIpc) is 4.02. The molecule has 1 saturated carbocycles. The van der Waals surface area contributed by atoms with Crippen LogP contribution < -0.4 is 4.90 Å². The van der Waals surface area contributed by atoms with Crippen molar-refractivity contribution in [3.8, 4) is 16.8 Å². The maximum Gasteiger partial charge on any atom is 0.160 e. The zero-order chi connectivity index (χ0) is 43.1. The van der Waals surface area contributed by atoms with Crippen LogP contribution in [0.5, 0.6) is 0 Å². The van der Waals surface area contributed by atoms with Gasteiger partial charge in [-0.25, -0.2) is 0 Å². The molecule has 1 fully saturated rings. The van der Waals surface area contributed by atoms with E-state index in [0.29, 0.717) is 0 Å².